The summed E-state index contributed by atoms with van der Waals surface area (Å²) >= 11 is 0.839. The minimum Gasteiger partial charge on any atom is -0.478 e. The molecule has 264 valence electrons. The van der Waals surface area contributed by atoms with Gasteiger partial charge in [-0.25, -0.2) is 17.4 Å². The molecule has 0 heterocycles. The number of carboxylic acids is 1. The molecule has 51 heavy (non-hydrogen) atoms. The van der Waals surface area contributed by atoms with Crippen molar-refractivity contribution >= 4 is 83.7 Å². The number of anilines is 2. The number of azo groups is 3. The van der Waals surface area contributed by atoms with E-state index in [2.05, 4.69) is 39.8 Å². The van der Waals surface area contributed by atoms with Gasteiger partial charge in [0.25, 0.3) is 0 Å². The molecule has 0 fully saturated rings. The van der Waals surface area contributed by atoms with Crippen LogP contribution in [0.15, 0.2) is 113 Å². The molecular formula is C30H26N8O10S3. The zero-order valence-electron chi connectivity index (χ0n) is 26.1. The molecule has 0 aliphatic rings. The first-order valence-electron chi connectivity index (χ1n) is 14.0. The Morgan fingerprint density at radius 3 is 1.73 bits per heavy atom. The number of terminal acetylenes is 1. The number of hydrogen-bond acceptors (Lipinski definition) is 17. The fourth-order valence-electron chi connectivity index (χ4n) is 3.93. The van der Waals surface area contributed by atoms with E-state index in [4.69, 9.17) is 26.8 Å². The standard InChI is InChI=1S/C30H26N8O10S3/c1-3-46-48-49-22-12-8-20(9-13-22)34-37-28-24(30(39)40)27(36-33-19-6-4-18(2)5-7-19)25(31)29(26(28)32)38-35-21-10-14-23(15-11-21)50(41,42)17-16-47-51(43,44)45/h1,4-15H,16-17,31-32H2,2H3,(H,39,40)(H,43,44,45). The number of nitrogens with two attached hydrogens (primary N) is 2. The molecule has 21 heteroatoms. The van der Waals surface area contributed by atoms with Gasteiger partial charge < -0.3 is 16.6 Å². The van der Waals surface area contributed by atoms with E-state index < -0.39 is 44.1 Å². The van der Waals surface area contributed by atoms with Crippen LogP contribution in [0, 0.1) is 19.5 Å². The summed E-state index contributed by atoms with van der Waals surface area (Å²) in [6.45, 7) is 1.07. The summed E-state index contributed by atoms with van der Waals surface area (Å²) in [4.78, 5) is 17.4. The summed E-state index contributed by atoms with van der Waals surface area (Å²) in [5.74, 6) is -2.24. The van der Waals surface area contributed by atoms with Gasteiger partial charge in [0.2, 0.25) is 0 Å². The number of rotatable bonds is 15. The molecule has 4 aromatic rings. The van der Waals surface area contributed by atoms with Crippen LogP contribution in [0.4, 0.5) is 45.5 Å². The number of nitrogen functional groups attached to an aromatic ring is 2. The third kappa shape index (κ3) is 10.6. The first-order valence-corrected chi connectivity index (χ1v) is 17.7. The number of nitrogens with zero attached hydrogens (tertiary/aromatic N) is 6. The van der Waals surface area contributed by atoms with Gasteiger partial charge >= 0.3 is 16.4 Å². The first-order chi connectivity index (χ1) is 24.2. The molecule has 4 rings (SSSR count). The Balaban J connectivity index is 1.74. The van der Waals surface area contributed by atoms with E-state index >= 15 is 0 Å². The average molecular weight is 755 g/mol. The van der Waals surface area contributed by atoms with Gasteiger partial charge in [-0.15, -0.1) is 15.3 Å². The largest absolute Gasteiger partial charge is 0.478 e. The van der Waals surface area contributed by atoms with Gasteiger partial charge in [-0.2, -0.15) is 23.8 Å². The summed E-state index contributed by atoms with van der Waals surface area (Å²) < 4.78 is 64.0. The quantitative estimate of drug-likeness (QED) is 0.0136. The zero-order chi connectivity index (χ0) is 37.2. The topological polar surface area (TPSA) is 280 Å². The van der Waals surface area contributed by atoms with E-state index in [0.717, 1.165) is 17.6 Å². The van der Waals surface area contributed by atoms with Crippen LogP contribution < -0.4 is 11.5 Å². The van der Waals surface area contributed by atoms with Crippen LogP contribution in [-0.4, -0.2) is 44.8 Å². The fourth-order valence-corrected chi connectivity index (χ4v) is 5.82. The number of carboxylic acid groups (broad SMARTS) is 1. The van der Waals surface area contributed by atoms with Crippen molar-refractivity contribution in [1.82, 2.24) is 0 Å². The second-order valence-corrected chi connectivity index (χ2v) is 13.9. The molecule has 0 unspecified atom stereocenters. The molecule has 0 spiro atoms. The van der Waals surface area contributed by atoms with E-state index in [9.17, 15) is 26.7 Å². The Morgan fingerprint density at radius 1 is 0.784 bits per heavy atom. The van der Waals surface area contributed by atoms with Crippen LogP contribution in [0.3, 0.4) is 0 Å². The van der Waals surface area contributed by atoms with Gasteiger partial charge in [-0.1, -0.05) is 28.5 Å². The molecule has 18 nitrogen and oxygen atoms in total. The minimum atomic E-state index is -4.82. The molecular weight excluding hydrogens is 729 g/mol. The average Bonchev–Trinajstić information content (AvgIpc) is 3.08. The highest BCUT2D eigenvalue weighted by molar-refractivity contribution is 7.94. The second kappa shape index (κ2) is 16.8. The maximum Gasteiger partial charge on any atom is 0.397 e. The molecule has 0 radical (unpaired) electrons. The van der Waals surface area contributed by atoms with Crippen molar-refractivity contribution in [3.05, 3.63) is 83.9 Å². The highest BCUT2D eigenvalue weighted by atomic mass is 32.3. The lowest BCUT2D eigenvalue weighted by Crippen LogP contribution is -2.15. The number of sulfone groups is 1. The molecule has 0 aromatic heterocycles. The molecule has 4 aromatic carbocycles. The molecule has 0 amide bonds. The Kier molecular flexibility index (Phi) is 12.5. The smallest absolute Gasteiger partial charge is 0.397 e. The lowest BCUT2D eigenvalue weighted by molar-refractivity contribution is -0.113. The monoisotopic (exact) mass is 754 g/mol. The Bertz CT molecular complexity index is 2260. The van der Waals surface area contributed by atoms with Crippen LogP contribution >= 0.6 is 12.0 Å². The maximum absolute atomic E-state index is 12.6. The highest BCUT2D eigenvalue weighted by Crippen LogP contribution is 2.49. The van der Waals surface area contributed by atoms with Crippen LogP contribution in [0.1, 0.15) is 15.9 Å². The van der Waals surface area contributed by atoms with Gasteiger partial charge in [0.05, 0.1) is 57.7 Å². The van der Waals surface area contributed by atoms with Crippen molar-refractivity contribution in [2.45, 2.75) is 16.7 Å². The van der Waals surface area contributed by atoms with Gasteiger partial charge in [-0.05, 0) is 67.6 Å². The molecule has 0 atom stereocenters. The van der Waals surface area contributed by atoms with Crippen LogP contribution in [0.2, 0.25) is 0 Å². The SMILES string of the molecule is C#COOSc1ccc(N=Nc2c(N)c(N=Nc3ccc(S(=O)(=O)CCOS(=O)(=O)O)cc3)c(N)c(N=Nc3ccc(C)cc3)c2C(=O)O)cc1. The summed E-state index contributed by atoms with van der Waals surface area (Å²) in [5, 5.41) is 34.9. The van der Waals surface area contributed by atoms with E-state index in [-0.39, 0.29) is 44.7 Å². The normalized spacial score (nSPS) is 12.1. The van der Waals surface area contributed by atoms with E-state index in [1.165, 1.54) is 24.3 Å². The zero-order valence-corrected chi connectivity index (χ0v) is 28.6. The summed E-state index contributed by atoms with van der Waals surface area (Å²) in [6.07, 6.45) is 6.82. The van der Waals surface area contributed by atoms with Crippen molar-refractivity contribution in [3.8, 4) is 12.5 Å². The third-order valence-electron chi connectivity index (χ3n) is 6.37. The third-order valence-corrected chi connectivity index (χ3v) is 9.13. The van der Waals surface area contributed by atoms with E-state index in [1.807, 2.05) is 13.0 Å². The van der Waals surface area contributed by atoms with Crippen molar-refractivity contribution < 1.29 is 44.7 Å². The Morgan fingerprint density at radius 2 is 1.25 bits per heavy atom. The van der Waals surface area contributed by atoms with Gasteiger partial charge in [-0.3, -0.25) is 9.44 Å². The van der Waals surface area contributed by atoms with Gasteiger partial charge in [0.1, 0.15) is 22.6 Å². The van der Waals surface area contributed by atoms with Crippen molar-refractivity contribution in [3.63, 3.8) is 0 Å². The van der Waals surface area contributed by atoms with Crippen LogP contribution in [-0.2, 0) is 33.6 Å². The number of hydrogen-bond donors (Lipinski definition) is 4. The summed E-state index contributed by atoms with van der Waals surface area (Å²) in [7, 11) is -8.82. The molecule has 6 N–H and O–H groups in total. The second-order valence-electron chi connectivity index (χ2n) is 9.90. The first kappa shape index (κ1) is 38.0. The van der Waals surface area contributed by atoms with Gasteiger partial charge in [0, 0.05) is 4.90 Å². The number of aryl methyl sites for hydroxylation is 1. The lowest BCUT2D eigenvalue weighted by atomic mass is 10.1. The Hall–Kier alpha value is -5.76. The molecule has 0 aliphatic heterocycles. The highest BCUT2D eigenvalue weighted by Gasteiger charge is 2.27. The molecule has 0 saturated heterocycles. The van der Waals surface area contributed by atoms with E-state index in [0.29, 0.717) is 10.6 Å². The van der Waals surface area contributed by atoms with Crippen LogP contribution in [0.5, 0.6) is 0 Å². The predicted molar refractivity (Wildman–Crippen MR) is 185 cm³/mol. The summed E-state index contributed by atoms with van der Waals surface area (Å²) in [6, 6.07) is 18.1. The lowest BCUT2D eigenvalue weighted by Gasteiger charge is -2.13. The number of benzene rings is 4. The van der Waals surface area contributed by atoms with Crippen LogP contribution in [0.25, 0.3) is 0 Å². The summed E-state index contributed by atoms with van der Waals surface area (Å²) in [5.41, 5.74) is 12.4. The molecule has 0 saturated carbocycles. The van der Waals surface area contributed by atoms with Crippen molar-refractivity contribution in [2.24, 2.45) is 30.7 Å². The number of carbonyl (C=O) groups is 1. The maximum atomic E-state index is 12.6. The van der Waals surface area contributed by atoms with Crippen molar-refractivity contribution in [2.75, 3.05) is 23.8 Å². The van der Waals surface area contributed by atoms with E-state index in [1.54, 1.807) is 48.5 Å². The minimum absolute atomic E-state index is 0.116. The van der Waals surface area contributed by atoms with Gasteiger partial charge in [0.15, 0.2) is 15.9 Å². The Labute approximate surface area is 295 Å². The molecule has 0 bridgehead atoms. The number of aromatic carboxylic acids is 1. The fraction of sp³-hybridized carbons (Fsp3) is 0.100. The predicted octanol–water partition coefficient (Wildman–Crippen LogP) is 7.24. The van der Waals surface area contributed by atoms with Crippen molar-refractivity contribution in [1.29, 1.82) is 0 Å². The molecule has 0 aliphatic carbocycles.